The molecule has 0 unspecified atom stereocenters. The molecule has 0 aliphatic carbocycles. The van der Waals surface area contributed by atoms with Gasteiger partial charge in [-0.3, -0.25) is 0 Å². The highest BCUT2D eigenvalue weighted by Gasteiger charge is 2.15. The first-order chi connectivity index (χ1) is 6.90. The molecule has 1 fully saturated rings. The van der Waals surface area contributed by atoms with E-state index >= 15 is 0 Å². The van der Waals surface area contributed by atoms with E-state index in [4.69, 9.17) is 9.84 Å². The third-order valence-corrected chi connectivity index (χ3v) is 2.63. The molecule has 0 spiro atoms. The van der Waals surface area contributed by atoms with E-state index in [1.807, 2.05) is 0 Å². The summed E-state index contributed by atoms with van der Waals surface area (Å²) >= 11 is 0. The first-order valence-electron chi connectivity index (χ1n) is 4.96. The van der Waals surface area contributed by atoms with Gasteiger partial charge in [-0.2, -0.15) is 0 Å². The van der Waals surface area contributed by atoms with Gasteiger partial charge in [0, 0.05) is 19.8 Å². The minimum atomic E-state index is 0.0101. The van der Waals surface area contributed by atoms with Crippen molar-refractivity contribution in [3.05, 3.63) is 11.9 Å². The van der Waals surface area contributed by atoms with Crippen LogP contribution >= 0.6 is 0 Å². The molecule has 0 saturated carbocycles. The van der Waals surface area contributed by atoms with Gasteiger partial charge < -0.3 is 9.84 Å². The van der Waals surface area contributed by atoms with E-state index in [2.05, 4.69) is 10.3 Å². The molecule has 1 aromatic heterocycles. The standard InChI is InChI=1S/C9H15N3O2/c13-7-9-5-10-11-12(9)6-8-1-3-14-4-2-8/h5,8,13H,1-4,6-7H2. The maximum atomic E-state index is 9.01. The molecule has 0 atom stereocenters. The molecule has 2 rings (SSSR count). The fourth-order valence-electron chi connectivity index (χ4n) is 1.73. The number of hydrogen-bond acceptors (Lipinski definition) is 4. The van der Waals surface area contributed by atoms with Crippen LogP contribution in [0.25, 0.3) is 0 Å². The zero-order valence-corrected chi connectivity index (χ0v) is 8.09. The zero-order chi connectivity index (χ0) is 9.80. The van der Waals surface area contributed by atoms with Crippen molar-refractivity contribution in [1.82, 2.24) is 15.0 Å². The number of ether oxygens (including phenoxy) is 1. The van der Waals surface area contributed by atoms with Gasteiger partial charge in [0.25, 0.3) is 0 Å². The lowest BCUT2D eigenvalue weighted by Crippen LogP contribution is -2.22. The molecular weight excluding hydrogens is 182 g/mol. The molecule has 0 bridgehead atoms. The fraction of sp³-hybridized carbons (Fsp3) is 0.778. The molecule has 1 aliphatic heterocycles. The molecule has 0 amide bonds. The number of nitrogens with zero attached hydrogens (tertiary/aromatic N) is 3. The highest BCUT2D eigenvalue weighted by molar-refractivity contribution is 4.91. The average molecular weight is 197 g/mol. The van der Waals surface area contributed by atoms with E-state index in [-0.39, 0.29) is 6.61 Å². The summed E-state index contributed by atoms with van der Waals surface area (Å²) in [6, 6.07) is 0. The third-order valence-electron chi connectivity index (χ3n) is 2.63. The summed E-state index contributed by atoms with van der Waals surface area (Å²) in [6.45, 7) is 2.54. The average Bonchev–Trinajstić information content (AvgIpc) is 2.67. The van der Waals surface area contributed by atoms with Crippen LogP contribution in [-0.4, -0.2) is 33.3 Å². The lowest BCUT2D eigenvalue weighted by atomic mass is 10.0. The first-order valence-corrected chi connectivity index (χ1v) is 4.96. The van der Waals surface area contributed by atoms with Crippen molar-refractivity contribution in [2.45, 2.75) is 26.0 Å². The monoisotopic (exact) mass is 197 g/mol. The van der Waals surface area contributed by atoms with Crippen LogP contribution in [0.2, 0.25) is 0 Å². The third kappa shape index (κ3) is 2.10. The highest BCUT2D eigenvalue weighted by atomic mass is 16.5. The Morgan fingerprint density at radius 1 is 1.50 bits per heavy atom. The van der Waals surface area contributed by atoms with Gasteiger partial charge >= 0.3 is 0 Å². The maximum absolute atomic E-state index is 9.01. The van der Waals surface area contributed by atoms with Gasteiger partial charge in [0.1, 0.15) is 0 Å². The van der Waals surface area contributed by atoms with E-state index in [1.165, 1.54) is 0 Å². The van der Waals surface area contributed by atoms with Crippen LogP contribution in [0.4, 0.5) is 0 Å². The Morgan fingerprint density at radius 3 is 3.00 bits per heavy atom. The van der Waals surface area contributed by atoms with Crippen molar-refractivity contribution in [3.8, 4) is 0 Å². The molecule has 5 heteroatoms. The molecule has 78 valence electrons. The van der Waals surface area contributed by atoms with E-state index in [9.17, 15) is 0 Å². The summed E-state index contributed by atoms with van der Waals surface area (Å²) in [4.78, 5) is 0. The lowest BCUT2D eigenvalue weighted by Gasteiger charge is -2.22. The van der Waals surface area contributed by atoms with Crippen LogP contribution in [0.3, 0.4) is 0 Å². The highest BCUT2D eigenvalue weighted by Crippen LogP contribution is 2.16. The topological polar surface area (TPSA) is 60.2 Å². The van der Waals surface area contributed by atoms with Gasteiger partial charge in [-0.05, 0) is 18.8 Å². The van der Waals surface area contributed by atoms with E-state index in [1.54, 1.807) is 10.9 Å². The van der Waals surface area contributed by atoms with Gasteiger partial charge in [-0.15, -0.1) is 5.10 Å². The van der Waals surface area contributed by atoms with Crippen LogP contribution in [0, 0.1) is 5.92 Å². The Balaban J connectivity index is 1.95. The Kier molecular flexibility index (Phi) is 3.10. The molecule has 1 aliphatic rings. The zero-order valence-electron chi connectivity index (χ0n) is 8.09. The van der Waals surface area contributed by atoms with Crippen molar-refractivity contribution >= 4 is 0 Å². The Bertz CT molecular complexity index is 281. The van der Waals surface area contributed by atoms with Crippen LogP contribution in [0.5, 0.6) is 0 Å². The Hall–Kier alpha value is -0.940. The molecule has 1 aromatic rings. The van der Waals surface area contributed by atoms with Gasteiger partial charge in [0.05, 0.1) is 18.5 Å². The molecule has 1 saturated heterocycles. The number of hydrogen-bond donors (Lipinski definition) is 1. The van der Waals surface area contributed by atoms with Crippen molar-refractivity contribution < 1.29 is 9.84 Å². The summed E-state index contributed by atoms with van der Waals surface area (Å²) in [6.07, 6.45) is 3.76. The SMILES string of the molecule is OCc1cnnn1CC1CCOCC1. The predicted molar refractivity (Wildman–Crippen MR) is 49.5 cm³/mol. The quantitative estimate of drug-likeness (QED) is 0.751. The van der Waals surface area contributed by atoms with Gasteiger partial charge in [-0.25, -0.2) is 4.68 Å². The van der Waals surface area contributed by atoms with Crippen LogP contribution in [-0.2, 0) is 17.9 Å². The fourth-order valence-corrected chi connectivity index (χ4v) is 1.73. The summed E-state index contributed by atoms with van der Waals surface area (Å²) in [7, 11) is 0. The second-order valence-corrected chi connectivity index (χ2v) is 3.62. The minimum absolute atomic E-state index is 0.0101. The van der Waals surface area contributed by atoms with E-state index in [0.717, 1.165) is 38.3 Å². The van der Waals surface area contributed by atoms with Crippen molar-refractivity contribution in [2.24, 2.45) is 5.92 Å². The molecule has 0 radical (unpaired) electrons. The van der Waals surface area contributed by atoms with Crippen LogP contribution in [0.1, 0.15) is 18.5 Å². The Morgan fingerprint density at radius 2 is 2.29 bits per heavy atom. The summed E-state index contributed by atoms with van der Waals surface area (Å²) in [5.41, 5.74) is 0.788. The first kappa shape index (κ1) is 9.61. The van der Waals surface area contributed by atoms with Crippen LogP contribution in [0.15, 0.2) is 6.20 Å². The van der Waals surface area contributed by atoms with E-state index < -0.39 is 0 Å². The molecule has 1 N–H and O–H groups in total. The lowest BCUT2D eigenvalue weighted by molar-refractivity contribution is 0.0593. The minimum Gasteiger partial charge on any atom is -0.390 e. The van der Waals surface area contributed by atoms with Crippen molar-refractivity contribution in [1.29, 1.82) is 0 Å². The maximum Gasteiger partial charge on any atom is 0.0866 e. The largest absolute Gasteiger partial charge is 0.390 e. The predicted octanol–water partition coefficient (Wildman–Crippen LogP) is 0.197. The van der Waals surface area contributed by atoms with Gasteiger partial charge in [0.2, 0.25) is 0 Å². The number of rotatable bonds is 3. The number of aliphatic hydroxyl groups excluding tert-OH is 1. The van der Waals surface area contributed by atoms with Gasteiger partial charge in [-0.1, -0.05) is 5.21 Å². The number of aromatic nitrogens is 3. The molecule has 0 aromatic carbocycles. The molecule has 14 heavy (non-hydrogen) atoms. The number of aliphatic hydroxyl groups is 1. The van der Waals surface area contributed by atoms with Crippen molar-refractivity contribution in [3.63, 3.8) is 0 Å². The van der Waals surface area contributed by atoms with Crippen LogP contribution < -0.4 is 0 Å². The molecule has 2 heterocycles. The molecular formula is C9H15N3O2. The Labute approximate surface area is 82.7 Å². The normalized spacial score (nSPS) is 18.6. The summed E-state index contributed by atoms with van der Waals surface area (Å²) in [5.74, 6) is 0.607. The van der Waals surface area contributed by atoms with E-state index in [0.29, 0.717) is 5.92 Å². The smallest absolute Gasteiger partial charge is 0.0866 e. The second-order valence-electron chi connectivity index (χ2n) is 3.62. The second kappa shape index (κ2) is 4.52. The summed E-state index contributed by atoms with van der Waals surface area (Å²) < 4.78 is 7.07. The van der Waals surface area contributed by atoms with Crippen molar-refractivity contribution in [2.75, 3.05) is 13.2 Å². The summed E-state index contributed by atoms with van der Waals surface area (Å²) in [5, 5.41) is 16.7. The van der Waals surface area contributed by atoms with Gasteiger partial charge in [0.15, 0.2) is 0 Å². The molecule has 5 nitrogen and oxygen atoms in total.